The van der Waals surface area contributed by atoms with Gasteiger partial charge in [-0.25, -0.2) is 8.42 Å². The van der Waals surface area contributed by atoms with Crippen LogP contribution in [-0.4, -0.2) is 37.9 Å². The number of furan rings is 1. The molecule has 1 fully saturated rings. The van der Waals surface area contributed by atoms with Crippen molar-refractivity contribution in [2.24, 2.45) is 11.8 Å². The van der Waals surface area contributed by atoms with Gasteiger partial charge in [0, 0.05) is 10.9 Å². The maximum Gasteiger partial charge on any atom is 0.326 e. The first-order chi connectivity index (χ1) is 20.1. The summed E-state index contributed by atoms with van der Waals surface area (Å²) in [6, 6.07) is 20.3. The number of rotatable bonds is 11. The highest BCUT2D eigenvalue weighted by Gasteiger charge is 2.41. The van der Waals surface area contributed by atoms with Crippen LogP contribution < -0.4 is 5.43 Å². The highest BCUT2D eigenvalue weighted by molar-refractivity contribution is 7.89. The third-order valence-electron chi connectivity index (χ3n) is 7.82. The fourth-order valence-electron chi connectivity index (χ4n) is 5.33. The molecule has 9 heteroatoms. The second kappa shape index (κ2) is 12.1. The molecule has 1 saturated carbocycles. The van der Waals surface area contributed by atoms with Crippen LogP contribution in [0.25, 0.3) is 22.1 Å². The molecule has 1 aromatic heterocycles. The lowest BCUT2D eigenvalue weighted by atomic mass is 10.0. The monoisotopic (exact) mass is 588 g/mol. The van der Waals surface area contributed by atoms with Gasteiger partial charge >= 0.3 is 11.9 Å². The molecule has 1 unspecified atom stereocenters. The molecule has 0 saturated heterocycles. The SMILES string of the molecule is COC(=O)C(C(C)C)N(NC(=O)c1oc2cccc(CCC3CC3)c2c1C)S(=O)(=O)c1ccc(-c2ccccc2)cc1. The van der Waals surface area contributed by atoms with Crippen LogP contribution in [0.15, 0.2) is 82.1 Å². The van der Waals surface area contributed by atoms with E-state index < -0.39 is 33.9 Å². The minimum atomic E-state index is -4.41. The summed E-state index contributed by atoms with van der Waals surface area (Å²) in [5, 5.41) is 0.864. The van der Waals surface area contributed by atoms with E-state index in [2.05, 4.69) is 5.43 Å². The summed E-state index contributed by atoms with van der Waals surface area (Å²) in [5.74, 6) is -1.34. The molecule has 42 heavy (non-hydrogen) atoms. The van der Waals surface area contributed by atoms with Crippen molar-refractivity contribution in [3.05, 3.63) is 89.7 Å². The second-order valence-electron chi connectivity index (χ2n) is 11.2. The van der Waals surface area contributed by atoms with Crippen LogP contribution in [0.2, 0.25) is 0 Å². The molecule has 5 rings (SSSR count). The third-order valence-corrected chi connectivity index (χ3v) is 9.53. The van der Waals surface area contributed by atoms with Crippen molar-refractivity contribution in [2.75, 3.05) is 7.11 Å². The number of amides is 1. The van der Waals surface area contributed by atoms with Crippen molar-refractivity contribution < 1.29 is 27.2 Å². The number of hydrazine groups is 1. The fourth-order valence-corrected chi connectivity index (χ4v) is 6.87. The molecule has 1 aliphatic rings. The predicted molar refractivity (Wildman–Crippen MR) is 161 cm³/mol. The Balaban J connectivity index is 1.50. The number of nitrogens with zero attached hydrogens (tertiary/aromatic N) is 1. The smallest absolute Gasteiger partial charge is 0.326 e. The minimum absolute atomic E-state index is 0.00382. The Hall–Kier alpha value is -3.95. The highest BCUT2D eigenvalue weighted by Crippen LogP contribution is 2.36. The van der Waals surface area contributed by atoms with Crippen molar-refractivity contribution in [1.29, 1.82) is 0 Å². The zero-order valence-corrected chi connectivity index (χ0v) is 25.1. The molecule has 1 amide bonds. The van der Waals surface area contributed by atoms with E-state index in [4.69, 9.17) is 9.15 Å². The number of carbonyl (C=O) groups is 2. The molecule has 8 nitrogen and oxygen atoms in total. The van der Waals surface area contributed by atoms with Crippen molar-refractivity contribution >= 4 is 32.9 Å². The molecule has 0 radical (unpaired) electrons. The van der Waals surface area contributed by atoms with E-state index in [0.717, 1.165) is 40.8 Å². The van der Waals surface area contributed by atoms with Gasteiger partial charge in [0.05, 0.1) is 12.0 Å². The van der Waals surface area contributed by atoms with E-state index >= 15 is 0 Å². The van der Waals surface area contributed by atoms with Gasteiger partial charge in [-0.05, 0) is 66.5 Å². The van der Waals surface area contributed by atoms with Gasteiger partial charge in [-0.15, -0.1) is 0 Å². The number of methoxy groups -OCH3 is 1. The van der Waals surface area contributed by atoms with Crippen LogP contribution in [0.5, 0.6) is 0 Å². The Morgan fingerprint density at radius 3 is 2.26 bits per heavy atom. The number of ether oxygens (including phenoxy) is 1. The molecule has 0 aliphatic heterocycles. The number of hydrogen-bond acceptors (Lipinski definition) is 6. The quantitative estimate of drug-likeness (QED) is 0.163. The third kappa shape index (κ3) is 5.98. The maximum atomic E-state index is 14.1. The number of fused-ring (bicyclic) bond motifs is 1. The molecule has 1 N–H and O–H groups in total. The fraction of sp³-hybridized carbons (Fsp3) is 0.333. The second-order valence-corrected chi connectivity index (χ2v) is 13.0. The van der Waals surface area contributed by atoms with E-state index in [1.165, 1.54) is 32.1 Å². The Bertz CT molecular complexity index is 1690. The molecule has 0 bridgehead atoms. The molecule has 220 valence electrons. The van der Waals surface area contributed by atoms with Crippen LogP contribution in [0.1, 0.15) is 54.8 Å². The molecule has 1 heterocycles. The highest BCUT2D eigenvalue weighted by atomic mass is 32.2. The van der Waals surface area contributed by atoms with E-state index in [1.807, 2.05) is 42.5 Å². The van der Waals surface area contributed by atoms with Gasteiger partial charge in [0.2, 0.25) is 0 Å². The van der Waals surface area contributed by atoms with Crippen LogP contribution in [0.4, 0.5) is 0 Å². The van der Waals surface area contributed by atoms with E-state index in [-0.39, 0.29) is 10.7 Å². The summed E-state index contributed by atoms with van der Waals surface area (Å²) in [6.07, 6.45) is 4.46. The van der Waals surface area contributed by atoms with Crippen LogP contribution in [0, 0.1) is 18.8 Å². The molecule has 3 aromatic carbocycles. The minimum Gasteiger partial charge on any atom is -0.468 e. The number of carbonyl (C=O) groups excluding carboxylic acids is 2. The topological polar surface area (TPSA) is 106 Å². The summed E-state index contributed by atoms with van der Waals surface area (Å²) < 4.78 is 39.8. The molecule has 0 spiro atoms. The average Bonchev–Trinajstić information content (AvgIpc) is 3.76. The number of sulfonamides is 1. The van der Waals surface area contributed by atoms with Gasteiger partial charge in [-0.3, -0.25) is 15.0 Å². The number of nitrogens with one attached hydrogen (secondary N) is 1. The van der Waals surface area contributed by atoms with Gasteiger partial charge in [0.15, 0.2) is 5.76 Å². The van der Waals surface area contributed by atoms with Crippen molar-refractivity contribution in [3.8, 4) is 11.1 Å². The van der Waals surface area contributed by atoms with Crippen molar-refractivity contribution in [3.63, 3.8) is 0 Å². The van der Waals surface area contributed by atoms with Gasteiger partial charge in [0.25, 0.3) is 10.0 Å². The number of hydrogen-bond donors (Lipinski definition) is 1. The van der Waals surface area contributed by atoms with Gasteiger partial charge < -0.3 is 9.15 Å². The summed E-state index contributed by atoms with van der Waals surface area (Å²) in [5.41, 5.74) is 6.54. The molecule has 1 atom stereocenters. The Kier molecular flexibility index (Phi) is 8.52. The van der Waals surface area contributed by atoms with E-state index in [1.54, 1.807) is 39.0 Å². The first-order valence-electron chi connectivity index (χ1n) is 14.2. The number of esters is 1. The van der Waals surface area contributed by atoms with Crippen LogP contribution in [-0.2, 0) is 26.0 Å². The van der Waals surface area contributed by atoms with Gasteiger partial charge in [-0.2, -0.15) is 0 Å². The average molecular weight is 589 g/mol. The van der Waals surface area contributed by atoms with Crippen molar-refractivity contribution in [2.45, 2.75) is 57.4 Å². The summed E-state index contributed by atoms with van der Waals surface area (Å²) in [6.45, 7) is 5.17. The predicted octanol–water partition coefficient (Wildman–Crippen LogP) is 6.28. The normalized spacial score (nSPS) is 14.3. The first-order valence-corrected chi connectivity index (χ1v) is 15.7. The molecule has 4 aromatic rings. The summed E-state index contributed by atoms with van der Waals surface area (Å²) in [4.78, 5) is 26.6. The summed E-state index contributed by atoms with van der Waals surface area (Å²) >= 11 is 0. The van der Waals surface area contributed by atoms with Crippen LogP contribution in [0.3, 0.4) is 0 Å². The van der Waals surface area contributed by atoms with Gasteiger partial charge in [0.1, 0.15) is 11.6 Å². The maximum absolute atomic E-state index is 14.1. The molecule has 1 aliphatic carbocycles. The van der Waals surface area contributed by atoms with Gasteiger partial charge in [-0.1, -0.05) is 85.7 Å². The Morgan fingerprint density at radius 1 is 0.976 bits per heavy atom. The van der Waals surface area contributed by atoms with Crippen LogP contribution >= 0.6 is 0 Å². The zero-order chi connectivity index (χ0) is 30.0. The Morgan fingerprint density at radius 2 is 1.64 bits per heavy atom. The molecular weight excluding hydrogens is 552 g/mol. The standard InChI is InChI=1S/C33H36N2O6S/c1-21(2)30(33(37)40-4)35(42(38,39)27-19-17-25(18-20-27)24-9-6-5-7-10-24)34-32(36)31-22(3)29-26(16-15-23-13-14-23)11-8-12-28(29)41-31/h5-12,17-21,23,30H,13-16H2,1-4H3,(H,34,36). The van der Waals surface area contributed by atoms with E-state index in [0.29, 0.717) is 15.6 Å². The summed E-state index contributed by atoms with van der Waals surface area (Å²) in [7, 11) is -3.22. The largest absolute Gasteiger partial charge is 0.468 e. The zero-order valence-electron chi connectivity index (χ0n) is 24.3. The Labute approximate surface area is 246 Å². The van der Waals surface area contributed by atoms with E-state index in [9.17, 15) is 18.0 Å². The lowest BCUT2D eigenvalue weighted by Crippen LogP contribution is -2.56. The van der Waals surface area contributed by atoms with Crippen molar-refractivity contribution in [1.82, 2.24) is 9.84 Å². The lowest BCUT2D eigenvalue weighted by Gasteiger charge is -2.31. The molecular formula is C33H36N2O6S. The lowest BCUT2D eigenvalue weighted by molar-refractivity contribution is -0.147. The first kappa shape index (κ1) is 29.5. The number of aryl methyl sites for hydroxylation is 2. The number of benzene rings is 3.